The van der Waals surface area contributed by atoms with Crippen molar-refractivity contribution in [1.29, 1.82) is 0 Å². The molecule has 0 aliphatic carbocycles. The summed E-state index contributed by atoms with van der Waals surface area (Å²) in [6.45, 7) is 3.54. The number of halogens is 2. The Morgan fingerprint density at radius 1 is 1.03 bits per heavy atom. The number of benzene rings is 3. The quantitative estimate of drug-likeness (QED) is 0.270. The van der Waals surface area contributed by atoms with Crippen LogP contribution in [-0.4, -0.2) is 28.0 Å². The predicted octanol–water partition coefficient (Wildman–Crippen LogP) is 6.21. The largest absolute Gasteiger partial charge is 0.480 e. The van der Waals surface area contributed by atoms with Gasteiger partial charge >= 0.3 is 5.97 Å². The van der Waals surface area contributed by atoms with Crippen molar-refractivity contribution in [2.75, 3.05) is 5.32 Å². The Labute approximate surface area is 204 Å². The number of fused-ring (bicyclic) bond motifs is 1. The minimum Gasteiger partial charge on any atom is -0.480 e. The van der Waals surface area contributed by atoms with Crippen molar-refractivity contribution >= 4 is 44.2 Å². The molecule has 0 fully saturated rings. The van der Waals surface area contributed by atoms with E-state index in [9.17, 15) is 23.5 Å². The number of rotatable bonds is 8. The molecule has 180 valence electrons. The molecule has 0 aliphatic heterocycles. The lowest BCUT2D eigenvalue weighted by Gasteiger charge is -2.20. The maximum atomic E-state index is 14.8. The zero-order valence-corrected chi connectivity index (χ0v) is 19.8. The minimum atomic E-state index is -1.16. The van der Waals surface area contributed by atoms with E-state index in [1.807, 2.05) is 19.1 Å². The van der Waals surface area contributed by atoms with Crippen LogP contribution >= 0.6 is 11.3 Å². The van der Waals surface area contributed by atoms with Crippen LogP contribution < -0.4 is 10.6 Å². The normalized spacial score (nSPS) is 12.8. The Hall–Kier alpha value is -3.85. The molecule has 0 saturated carbocycles. The number of thiazole rings is 1. The topological polar surface area (TPSA) is 91.3 Å². The molecule has 3 aromatic carbocycles. The number of carbonyl (C=O) groups excluding carboxylic acids is 1. The van der Waals surface area contributed by atoms with E-state index in [0.29, 0.717) is 22.6 Å². The first-order valence-corrected chi connectivity index (χ1v) is 11.8. The Morgan fingerprint density at radius 3 is 2.40 bits per heavy atom. The third-order valence-corrected chi connectivity index (χ3v) is 6.73. The van der Waals surface area contributed by atoms with Gasteiger partial charge in [-0.25, -0.2) is 18.6 Å². The first-order valence-electron chi connectivity index (χ1n) is 11.0. The van der Waals surface area contributed by atoms with Gasteiger partial charge < -0.3 is 15.7 Å². The van der Waals surface area contributed by atoms with E-state index >= 15 is 0 Å². The number of aliphatic carboxylic acids is 1. The van der Waals surface area contributed by atoms with Crippen LogP contribution in [0.4, 0.5) is 19.6 Å². The van der Waals surface area contributed by atoms with Crippen molar-refractivity contribution in [1.82, 2.24) is 10.3 Å². The number of carbonyl (C=O) groups is 2. The number of amides is 1. The second-order valence-corrected chi connectivity index (χ2v) is 9.23. The van der Waals surface area contributed by atoms with Crippen molar-refractivity contribution in [2.24, 2.45) is 5.92 Å². The molecule has 4 rings (SSSR count). The van der Waals surface area contributed by atoms with E-state index < -0.39 is 23.7 Å². The van der Waals surface area contributed by atoms with Gasteiger partial charge in [0.15, 0.2) is 5.13 Å². The van der Waals surface area contributed by atoms with Gasteiger partial charge in [-0.3, -0.25) is 4.79 Å². The highest BCUT2D eigenvalue weighted by Gasteiger charge is 2.26. The van der Waals surface area contributed by atoms with Crippen LogP contribution in [0.15, 0.2) is 60.7 Å². The van der Waals surface area contributed by atoms with Crippen LogP contribution in [0.25, 0.3) is 21.3 Å². The van der Waals surface area contributed by atoms with E-state index in [-0.39, 0.29) is 17.3 Å². The maximum Gasteiger partial charge on any atom is 0.326 e. The van der Waals surface area contributed by atoms with Crippen molar-refractivity contribution in [3.63, 3.8) is 0 Å². The third kappa shape index (κ3) is 5.46. The van der Waals surface area contributed by atoms with Gasteiger partial charge in [0.25, 0.3) is 5.91 Å². The fourth-order valence-corrected chi connectivity index (χ4v) is 4.51. The fourth-order valence-electron chi connectivity index (χ4n) is 3.60. The molecule has 3 N–H and O–H groups in total. The second-order valence-electron chi connectivity index (χ2n) is 8.20. The number of carboxylic acids is 1. The van der Waals surface area contributed by atoms with Crippen LogP contribution in [-0.2, 0) is 4.79 Å². The first kappa shape index (κ1) is 24.3. The fraction of sp³-hybridized carbons (Fsp3) is 0.192. The average molecular weight is 496 g/mol. The lowest BCUT2D eigenvalue weighted by atomic mass is 9.98. The molecule has 35 heavy (non-hydrogen) atoms. The molecule has 0 spiro atoms. The van der Waals surface area contributed by atoms with Crippen LogP contribution in [0.2, 0.25) is 0 Å². The van der Waals surface area contributed by atoms with Crippen molar-refractivity contribution in [3.05, 3.63) is 77.9 Å². The summed E-state index contributed by atoms with van der Waals surface area (Å²) in [4.78, 5) is 28.4. The van der Waals surface area contributed by atoms with Crippen LogP contribution in [0, 0.1) is 17.6 Å². The van der Waals surface area contributed by atoms with E-state index in [1.54, 1.807) is 31.2 Å². The Kier molecular flexibility index (Phi) is 7.07. The summed E-state index contributed by atoms with van der Waals surface area (Å²) in [5, 5.41) is 15.6. The summed E-state index contributed by atoms with van der Waals surface area (Å²) in [5.41, 5.74) is 2.55. The molecular formula is C26H23F2N3O3S. The van der Waals surface area contributed by atoms with Crippen molar-refractivity contribution < 1.29 is 23.5 Å². The standard InChI is InChI=1S/C26H23F2N3O3S/c1-3-14(2)23(25(33)34)31-24(32)19-10-6-16(12-20(19)28)15-4-8-18(9-5-15)29-26-30-21-11-7-17(27)13-22(21)35-26/h4-14,23H,3H2,1-2H3,(H,29,30)(H,31,32)(H,33,34)/t14-,23-/m0/s1. The molecule has 0 bridgehead atoms. The molecule has 6 nitrogen and oxygen atoms in total. The Morgan fingerprint density at radius 2 is 1.74 bits per heavy atom. The van der Waals surface area contributed by atoms with E-state index in [1.165, 1.54) is 35.6 Å². The van der Waals surface area contributed by atoms with Gasteiger partial charge in [-0.15, -0.1) is 0 Å². The van der Waals surface area contributed by atoms with Crippen LogP contribution in [0.1, 0.15) is 30.6 Å². The van der Waals surface area contributed by atoms with Crippen molar-refractivity contribution in [3.8, 4) is 11.1 Å². The zero-order chi connectivity index (χ0) is 25.1. The zero-order valence-electron chi connectivity index (χ0n) is 19.0. The SMILES string of the molecule is CC[C@H](C)[C@H](NC(=O)c1ccc(-c2ccc(Nc3nc4ccc(F)cc4s3)cc2)cc1F)C(=O)O. The molecule has 0 unspecified atom stereocenters. The van der Waals surface area contributed by atoms with Gasteiger partial charge in [-0.05, 0) is 59.5 Å². The molecule has 1 aromatic heterocycles. The van der Waals surface area contributed by atoms with Gasteiger partial charge in [-0.2, -0.15) is 0 Å². The van der Waals surface area contributed by atoms with E-state index in [4.69, 9.17) is 0 Å². The summed E-state index contributed by atoms with van der Waals surface area (Å²) in [6, 6.07) is 14.8. The van der Waals surface area contributed by atoms with Gasteiger partial charge in [0.05, 0.1) is 15.8 Å². The molecule has 1 heterocycles. The van der Waals surface area contributed by atoms with Gasteiger partial charge in [-0.1, -0.05) is 49.8 Å². The number of carboxylic acid groups (broad SMARTS) is 1. The highest BCUT2D eigenvalue weighted by atomic mass is 32.1. The monoisotopic (exact) mass is 495 g/mol. The summed E-state index contributed by atoms with van der Waals surface area (Å²) in [6.07, 6.45) is 0.557. The second kappa shape index (κ2) is 10.2. The smallest absolute Gasteiger partial charge is 0.326 e. The number of hydrogen-bond acceptors (Lipinski definition) is 5. The predicted molar refractivity (Wildman–Crippen MR) is 133 cm³/mol. The Balaban J connectivity index is 1.47. The number of nitrogens with zero attached hydrogens (tertiary/aromatic N) is 1. The number of nitrogens with one attached hydrogen (secondary N) is 2. The summed E-state index contributed by atoms with van der Waals surface area (Å²) >= 11 is 1.34. The molecule has 4 aromatic rings. The van der Waals surface area contributed by atoms with Crippen LogP contribution in [0.5, 0.6) is 0 Å². The van der Waals surface area contributed by atoms with Crippen molar-refractivity contribution in [2.45, 2.75) is 26.3 Å². The number of anilines is 2. The number of hydrogen-bond donors (Lipinski definition) is 3. The molecule has 2 atom stereocenters. The van der Waals surface area contributed by atoms with Crippen LogP contribution in [0.3, 0.4) is 0 Å². The first-order chi connectivity index (χ1) is 16.7. The Bertz CT molecular complexity index is 1390. The molecule has 9 heteroatoms. The third-order valence-electron chi connectivity index (χ3n) is 5.80. The van der Waals surface area contributed by atoms with Gasteiger partial charge in [0.2, 0.25) is 0 Å². The lowest BCUT2D eigenvalue weighted by molar-refractivity contribution is -0.140. The molecule has 0 saturated heterocycles. The van der Waals surface area contributed by atoms with E-state index in [0.717, 1.165) is 16.0 Å². The number of aromatic nitrogens is 1. The summed E-state index contributed by atoms with van der Waals surface area (Å²) < 4.78 is 28.9. The molecular weight excluding hydrogens is 472 g/mol. The molecule has 1 amide bonds. The lowest BCUT2D eigenvalue weighted by Crippen LogP contribution is -2.45. The maximum absolute atomic E-state index is 14.8. The molecule has 0 radical (unpaired) electrons. The van der Waals surface area contributed by atoms with E-state index in [2.05, 4.69) is 15.6 Å². The highest BCUT2D eigenvalue weighted by molar-refractivity contribution is 7.22. The summed E-state index contributed by atoms with van der Waals surface area (Å²) in [5.74, 6) is -3.27. The molecule has 0 aliphatic rings. The average Bonchev–Trinajstić information content (AvgIpc) is 3.23. The van der Waals surface area contributed by atoms with Gasteiger partial charge in [0.1, 0.15) is 17.7 Å². The minimum absolute atomic E-state index is 0.214. The summed E-state index contributed by atoms with van der Waals surface area (Å²) in [7, 11) is 0. The highest BCUT2D eigenvalue weighted by Crippen LogP contribution is 2.30. The van der Waals surface area contributed by atoms with Gasteiger partial charge in [0, 0.05) is 5.69 Å².